The summed E-state index contributed by atoms with van der Waals surface area (Å²) in [4.78, 5) is 16.3. The molecule has 0 aromatic heterocycles. The third kappa shape index (κ3) is 4.02. The van der Waals surface area contributed by atoms with Crippen molar-refractivity contribution in [2.75, 3.05) is 42.9 Å². The second kappa shape index (κ2) is 7.31. The third-order valence-corrected chi connectivity index (χ3v) is 4.11. The molecule has 2 aromatic carbocycles. The van der Waals surface area contributed by atoms with E-state index in [1.54, 1.807) is 30.3 Å². The van der Waals surface area contributed by atoms with Crippen LogP contribution in [0.2, 0.25) is 0 Å². The van der Waals surface area contributed by atoms with E-state index < -0.39 is 0 Å². The van der Waals surface area contributed by atoms with Crippen LogP contribution in [-0.2, 0) is 4.79 Å². The second-order valence-corrected chi connectivity index (χ2v) is 5.80. The van der Waals surface area contributed by atoms with Gasteiger partial charge in [0.05, 0.1) is 12.2 Å². The van der Waals surface area contributed by atoms with Gasteiger partial charge in [-0.25, -0.2) is 4.39 Å². The molecule has 3 rings (SSSR count). The van der Waals surface area contributed by atoms with Crippen LogP contribution in [0.4, 0.5) is 15.8 Å². The van der Waals surface area contributed by atoms with Crippen LogP contribution in [0.15, 0.2) is 48.5 Å². The number of piperazine rings is 1. The summed E-state index contributed by atoms with van der Waals surface area (Å²) in [6.07, 6.45) is 0. The molecule has 126 valence electrons. The third-order valence-electron chi connectivity index (χ3n) is 4.11. The number of nitrogens with zero attached hydrogens (tertiary/aromatic N) is 2. The summed E-state index contributed by atoms with van der Waals surface area (Å²) in [5.41, 5.74) is 1.42. The molecule has 0 bridgehead atoms. The Morgan fingerprint density at radius 2 is 1.71 bits per heavy atom. The van der Waals surface area contributed by atoms with Gasteiger partial charge in [0.15, 0.2) is 0 Å². The van der Waals surface area contributed by atoms with E-state index in [9.17, 15) is 14.3 Å². The number of hydrogen-bond donors (Lipinski definition) is 2. The lowest BCUT2D eigenvalue weighted by molar-refractivity contribution is -0.117. The highest BCUT2D eigenvalue weighted by molar-refractivity contribution is 5.93. The van der Waals surface area contributed by atoms with Gasteiger partial charge in [0.1, 0.15) is 11.6 Å². The number of aromatic hydroxyl groups is 1. The van der Waals surface area contributed by atoms with Gasteiger partial charge in [-0.1, -0.05) is 12.1 Å². The van der Waals surface area contributed by atoms with E-state index in [2.05, 4.69) is 15.1 Å². The Labute approximate surface area is 140 Å². The van der Waals surface area contributed by atoms with Crippen molar-refractivity contribution in [1.29, 1.82) is 0 Å². The molecule has 0 atom stereocenters. The highest BCUT2D eigenvalue weighted by Crippen LogP contribution is 2.21. The van der Waals surface area contributed by atoms with E-state index in [1.165, 1.54) is 18.2 Å². The number of halogens is 1. The SMILES string of the molecule is O=C(CN1CCN(c2ccc(F)cc2)CC1)Nc1ccccc1O. The fourth-order valence-electron chi connectivity index (χ4n) is 2.79. The summed E-state index contributed by atoms with van der Waals surface area (Å²) in [5.74, 6) is -0.322. The maximum Gasteiger partial charge on any atom is 0.238 e. The lowest BCUT2D eigenvalue weighted by atomic mass is 10.2. The molecule has 1 amide bonds. The topological polar surface area (TPSA) is 55.8 Å². The summed E-state index contributed by atoms with van der Waals surface area (Å²) in [7, 11) is 0. The molecule has 0 aliphatic carbocycles. The zero-order chi connectivity index (χ0) is 16.9. The van der Waals surface area contributed by atoms with Crippen molar-refractivity contribution < 1.29 is 14.3 Å². The lowest BCUT2D eigenvalue weighted by Crippen LogP contribution is -2.48. The number of benzene rings is 2. The monoisotopic (exact) mass is 329 g/mol. The van der Waals surface area contributed by atoms with Crippen LogP contribution in [0, 0.1) is 5.82 Å². The van der Waals surface area contributed by atoms with E-state index >= 15 is 0 Å². The van der Waals surface area contributed by atoms with Crippen molar-refractivity contribution in [2.45, 2.75) is 0 Å². The number of carbonyl (C=O) groups is 1. The molecule has 1 aliphatic rings. The zero-order valence-electron chi connectivity index (χ0n) is 13.3. The van der Waals surface area contributed by atoms with E-state index in [0.717, 1.165) is 31.9 Å². The van der Waals surface area contributed by atoms with Crippen LogP contribution in [-0.4, -0.2) is 48.6 Å². The molecular formula is C18H20FN3O2. The molecule has 0 spiro atoms. The molecule has 2 aromatic rings. The first-order valence-electron chi connectivity index (χ1n) is 7.92. The van der Waals surface area contributed by atoms with E-state index in [4.69, 9.17) is 0 Å². The Morgan fingerprint density at radius 1 is 1.04 bits per heavy atom. The number of hydrogen-bond acceptors (Lipinski definition) is 4. The smallest absolute Gasteiger partial charge is 0.238 e. The lowest BCUT2D eigenvalue weighted by Gasteiger charge is -2.35. The predicted octanol–water partition coefficient (Wildman–Crippen LogP) is 2.29. The van der Waals surface area contributed by atoms with Crippen LogP contribution in [0.5, 0.6) is 5.75 Å². The fourth-order valence-corrected chi connectivity index (χ4v) is 2.79. The summed E-state index contributed by atoms with van der Waals surface area (Å²) in [5, 5.41) is 12.4. The molecule has 1 heterocycles. The number of carbonyl (C=O) groups excluding carboxylic acids is 1. The van der Waals surface area contributed by atoms with Gasteiger partial charge >= 0.3 is 0 Å². The molecule has 0 radical (unpaired) electrons. The van der Waals surface area contributed by atoms with Gasteiger partial charge in [-0.2, -0.15) is 0 Å². The highest BCUT2D eigenvalue weighted by Gasteiger charge is 2.19. The Morgan fingerprint density at radius 3 is 2.38 bits per heavy atom. The molecule has 1 fully saturated rings. The van der Waals surface area contributed by atoms with Crippen molar-refractivity contribution in [1.82, 2.24) is 4.90 Å². The van der Waals surface area contributed by atoms with E-state index in [0.29, 0.717) is 5.69 Å². The summed E-state index contributed by atoms with van der Waals surface area (Å²) < 4.78 is 13.0. The first kappa shape index (κ1) is 16.3. The standard InChI is InChI=1S/C18H20FN3O2/c19-14-5-7-15(8-6-14)22-11-9-21(10-12-22)13-18(24)20-16-3-1-2-4-17(16)23/h1-8,23H,9-13H2,(H,20,24). The molecule has 5 nitrogen and oxygen atoms in total. The summed E-state index contributed by atoms with van der Waals surface area (Å²) in [6.45, 7) is 3.37. The number of nitrogens with one attached hydrogen (secondary N) is 1. The molecule has 24 heavy (non-hydrogen) atoms. The Kier molecular flexibility index (Phi) is 4.96. The van der Waals surface area contributed by atoms with E-state index in [1.807, 2.05) is 0 Å². The largest absolute Gasteiger partial charge is 0.506 e. The molecular weight excluding hydrogens is 309 g/mol. The van der Waals surface area contributed by atoms with Crippen LogP contribution in [0.3, 0.4) is 0 Å². The Hall–Kier alpha value is -2.60. The number of anilines is 2. The Bertz CT molecular complexity index is 698. The van der Waals surface area contributed by atoms with Crippen molar-refractivity contribution in [3.63, 3.8) is 0 Å². The summed E-state index contributed by atoms with van der Waals surface area (Å²) in [6, 6.07) is 13.1. The van der Waals surface area contributed by atoms with Crippen LogP contribution in [0.25, 0.3) is 0 Å². The van der Waals surface area contributed by atoms with Gasteiger partial charge in [-0.15, -0.1) is 0 Å². The first-order chi connectivity index (χ1) is 11.6. The maximum atomic E-state index is 13.0. The van der Waals surface area contributed by atoms with Crippen molar-refractivity contribution in [3.8, 4) is 5.75 Å². The highest BCUT2D eigenvalue weighted by atomic mass is 19.1. The number of phenolic OH excluding ortho intramolecular Hbond substituents is 1. The zero-order valence-corrected chi connectivity index (χ0v) is 13.3. The van der Waals surface area contributed by atoms with Crippen molar-refractivity contribution in [3.05, 3.63) is 54.3 Å². The number of rotatable bonds is 4. The minimum atomic E-state index is -0.238. The average Bonchev–Trinajstić information content (AvgIpc) is 2.58. The quantitative estimate of drug-likeness (QED) is 0.845. The molecule has 2 N–H and O–H groups in total. The summed E-state index contributed by atoms with van der Waals surface area (Å²) >= 11 is 0. The minimum absolute atomic E-state index is 0.0620. The normalized spacial score (nSPS) is 15.3. The molecule has 0 unspecified atom stereocenters. The maximum absolute atomic E-state index is 13.0. The van der Waals surface area contributed by atoms with Crippen molar-refractivity contribution >= 4 is 17.3 Å². The van der Waals surface area contributed by atoms with Gasteiger partial charge in [0.25, 0.3) is 0 Å². The molecule has 0 saturated carbocycles. The van der Waals surface area contributed by atoms with Gasteiger partial charge in [0, 0.05) is 31.9 Å². The van der Waals surface area contributed by atoms with Gasteiger partial charge in [-0.05, 0) is 36.4 Å². The molecule has 1 aliphatic heterocycles. The first-order valence-corrected chi connectivity index (χ1v) is 7.92. The van der Waals surface area contributed by atoms with Crippen molar-refractivity contribution in [2.24, 2.45) is 0 Å². The van der Waals surface area contributed by atoms with E-state index in [-0.39, 0.29) is 24.0 Å². The average molecular weight is 329 g/mol. The predicted molar refractivity (Wildman–Crippen MR) is 91.8 cm³/mol. The van der Waals surface area contributed by atoms with Crippen LogP contribution in [0.1, 0.15) is 0 Å². The number of amides is 1. The van der Waals surface area contributed by atoms with Gasteiger partial charge in [-0.3, -0.25) is 9.69 Å². The van der Waals surface area contributed by atoms with Crippen LogP contribution < -0.4 is 10.2 Å². The van der Waals surface area contributed by atoms with Gasteiger partial charge in [0.2, 0.25) is 5.91 Å². The number of para-hydroxylation sites is 2. The minimum Gasteiger partial charge on any atom is -0.506 e. The number of phenols is 1. The second-order valence-electron chi connectivity index (χ2n) is 5.80. The Balaban J connectivity index is 1.49. The van der Waals surface area contributed by atoms with Crippen LogP contribution >= 0.6 is 0 Å². The molecule has 6 heteroatoms. The molecule has 1 saturated heterocycles. The fraction of sp³-hybridized carbons (Fsp3) is 0.278. The van der Waals surface area contributed by atoms with Gasteiger partial charge < -0.3 is 15.3 Å².